The third kappa shape index (κ3) is 5.03. The van der Waals surface area contributed by atoms with E-state index in [1.54, 1.807) is 0 Å². The normalized spacial score (nSPS) is 23.6. The first-order valence-electron chi connectivity index (χ1n) is 9.46. The van der Waals surface area contributed by atoms with Gasteiger partial charge in [0.05, 0.1) is 19.3 Å². The van der Waals surface area contributed by atoms with Gasteiger partial charge in [-0.15, -0.1) is 0 Å². The lowest BCUT2D eigenvalue weighted by atomic mass is 10.0. The first-order valence-corrected chi connectivity index (χ1v) is 9.46. The summed E-state index contributed by atoms with van der Waals surface area (Å²) >= 11 is 0. The number of benzene rings is 1. The topological polar surface area (TPSA) is 44.8 Å². The summed E-state index contributed by atoms with van der Waals surface area (Å²) in [7, 11) is 0. The van der Waals surface area contributed by atoms with Gasteiger partial charge < -0.3 is 10.1 Å². The highest BCUT2D eigenvalue weighted by molar-refractivity contribution is 5.93. The number of carbonyl (C=O) groups is 1. The zero-order valence-corrected chi connectivity index (χ0v) is 15.8. The molecule has 138 valence electrons. The number of hydrogen-bond acceptors (Lipinski definition) is 4. The van der Waals surface area contributed by atoms with Crippen LogP contribution in [0.5, 0.6) is 0 Å². The van der Waals surface area contributed by atoms with Crippen LogP contribution in [0.4, 0.5) is 5.69 Å². The Morgan fingerprint density at radius 2 is 2.00 bits per heavy atom. The van der Waals surface area contributed by atoms with Gasteiger partial charge in [-0.25, -0.2) is 0 Å². The molecule has 1 N–H and O–H groups in total. The summed E-state index contributed by atoms with van der Waals surface area (Å²) in [6, 6.07) is 6.78. The molecule has 0 aliphatic carbocycles. The van der Waals surface area contributed by atoms with Crippen LogP contribution in [-0.4, -0.2) is 67.2 Å². The molecule has 2 aliphatic rings. The lowest BCUT2D eigenvalue weighted by Gasteiger charge is -2.41. The van der Waals surface area contributed by atoms with Crippen LogP contribution in [0, 0.1) is 13.8 Å². The molecule has 0 spiro atoms. The third-order valence-corrected chi connectivity index (χ3v) is 5.37. The number of carbonyl (C=O) groups excluding carboxylic acids is 1. The monoisotopic (exact) mass is 345 g/mol. The predicted molar refractivity (Wildman–Crippen MR) is 101 cm³/mol. The van der Waals surface area contributed by atoms with E-state index >= 15 is 0 Å². The highest BCUT2D eigenvalue weighted by Crippen LogP contribution is 2.20. The largest absolute Gasteiger partial charge is 0.376 e. The number of nitrogens with zero attached hydrogens (tertiary/aromatic N) is 2. The van der Waals surface area contributed by atoms with E-state index in [-0.39, 0.29) is 5.91 Å². The van der Waals surface area contributed by atoms with Crippen LogP contribution in [0.1, 0.15) is 30.9 Å². The SMILES string of the molecule is Cc1ccc(NC(=O)CN2CCC(N3CCOC(C)C3)CC2)c(C)c1. The smallest absolute Gasteiger partial charge is 0.238 e. The second-order valence-electron chi connectivity index (χ2n) is 7.55. The molecule has 1 aromatic rings. The fourth-order valence-electron chi connectivity index (χ4n) is 3.97. The molecule has 1 atom stereocenters. The second-order valence-corrected chi connectivity index (χ2v) is 7.55. The number of hydrogen-bond donors (Lipinski definition) is 1. The van der Waals surface area contributed by atoms with Gasteiger partial charge in [0.2, 0.25) is 5.91 Å². The predicted octanol–water partition coefficient (Wildman–Crippen LogP) is 2.43. The summed E-state index contributed by atoms with van der Waals surface area (Å²) in [5.74, 6) is 0.0883. The Bertz CT molecular complexity index is 597. The van der Waals surface area contributed by atoms with E-state index in [1.807, 2.05) is 19.1 Å². The van der Waals surface area contributed by atoms with Crippen molar-refractivity contribution in [3.63, 3.8) is 0 Å². The van der Waals surface area contributed by atoms with Gasteiger partial charge in [-0.05, 0) is 45.2 Å². The maximum atomic E-state index is 12.4. The van der Waals surface area contributed by atoms with E-state index < -0.39 is 0 Å². The highest BCUT2D eigenvalue weighted by atomic mass is 16.5. The number of amides is 1. The molecule has 5 heteroatoms. The Morgan fingerprint density at radius 1 is 1.24 bits per heavy atom. The standard InChI is InChI=1S/C20H31N3O2/c1-15-4-5-19(16(2)12-15)21-20(24)14-22-8-6-18(7-9-22)23-10-11-25-17(3)13-23/h4-5,12,17-18H,6-11,13-14H2,1-3H3,(H,21,24). The van der Waals surface area contributed by atoms with Gasteiger partial charge in [0.25, 0.3) is 0 Å². The summed E-state index contributed by atoms with van der Waals surface area (Å²) in [4.78, 5) is 17.2. The van der Waals surface area contributed by atoms with Crippen molar-refractivity contribution in [1.82, 2.24) is 9.80 Å². The van der Waals surface area contributed by atoms with E-state index in [0.717, 1.165) is 56.9 Å². The van der Waals surface area contributed by atoms with Gasteiger partial charge in [0, 0.05) is 37.9 Å². The molecule has 1 aromatic carbocycles. The average Bonchev–Trinajstić information content (AvgIpc) is 2.58. The molecule has 2 fully saturated rings. The summed E-state index contributed by atoms with van der Waals surface area (Å²) in [6.45, 7) is 11.7. The molecule has 0 aromatic heterocycles. The lowest BCUT2D eigenvalue weighted by Crippen LogP contribution is -2.51. The number of rotatable bonds is 4. The number of anilines is 1. The van der Waals surface area contributed by atoms with Gasteiger partial charge in [-0.2, -0.15) is 0 Å². The van der Waals surface area contributed by atoms with E-state index in [0.29, 0.717) is 18.7 Å². The molecule has 3 rings (SSSR count). The van der Waals surface area contributed by atoms with Gasteiger partial charge in [0.15, 0.2) is 0 Å². The molecule has 2 aliphatic heterocycles. The first-order chi connectivity index (χ1) is 12.0. The van der Waals surface area contributed by atoms with Gasteiger partial charge in [-0.3, -0.25) is 14.6 Å². The molecule has 1 unspecified atom stereocenters. The van der Waals surface area contributed by atoms with Crippen LogP contribution < -0.4 is 5.32 Å². The molecular formula is C20H31N3O2. The summed E-state index contributed by atoms with van der Waals surface area (Å²) in [6.07, 6.45) is 2.63. The van der Waals surface area contributed by atoms with Crippen molar-refractivity contribution < 1.29 is 9.53 Å². The Hall–Kier alpha value is -1.43. The van der Waals surface area contributed by atoms with Gasteiger partial charge >= 0.3 is 0 Å². The van der Waals surface area contributed by atoms with E-state index in [4.69, 9.17) is 4.74 Å². The number of aryl methyl sites for hydroxylation is 2. The van der Waals surface area contributed by atoms with Crippen LogP contribution >= 0.6 is 0 Å². The minimum absolute atomic E-state index is 0.0883. The van der Waals surface area contributed by atoms with Crippen LogP contribution in [0.15, 0.2) is 18.2 Å². The van der Waals surface area contributed by atoms with Crippen LogP contribution in [0.3, 0.4) is 0 Å². The number of morpholine rings is 1. The Labute approximate surface area is 151 Å². The summed E-state index contributed by atoms with van der Waals surface area (Å²) < 4.78 is 5.64. The minimum Gasteiger partial charge on any atom is -0.376 e. The Morgan fingerprint density at radius 3 is 2.68 bits per heavy atom. The molecule has 25 heavy (non-hydrogen) atoms. The molecular weight excluding hydrogens is 314 g/mol. The molecule has 1 amide bonds. The van der Waals surface area contributed by atoms with Crippen molar-refractivity contribution in [2.45, 2.75) is 45.8 Å². The van der Waals surface area contributed by atoms with Gasteiger partial charge in [-0.1, -0.05) is 17.7 Å². The number of piperidine rings is 1. The second kappa shape index (κ2) is 8.30. The molecule has 0 bridgehead atoms. The van der Waals surface area contributed by atoms with Crippen molar-refractivity contribution in [2.24, 2.45) is 0 Å². The van der Waals surface area contributed by atoms with Crippen molar-refractivity contribution in [1.29, 1.82) is 0 Å². The van der Waals surface area contributed by atoms with Gasteiger partial charge in [0.1, 0.15) is 0 Å². The summed E-state index contributed by atoms with van der Waals surface area (Å²) in [5.41, 5.74) is 3.26. The zero-order chi connectivity index (χ0) is 17.8. The van der Waals surface area contributed by atoms with E-state index in [1.165, 1.54) is 5.56 Å². The van der Waals surface area contributed by atoms with Crippen LogP contribution in [-0.2, 0) is 9.53 Å². The number of ether oxygens (including phenoxy) is 1. The zero-order valence-electron chi connectivity index (χ0n) is 15.8. The van der Waals surface area contributed by atoms with E-state index in [2.05, 4.69) is 35.0 Å². The Kier molecular flexibility index (Phi) is 6.10. The lowest BCUT2D eigenvalue weighted by molar-refractivity contribution is -0.117. The molecule has 0 radical (unpaired) electrons. The fraction of sp³-hybridized carbons (Fsp3) is 0.650. The number of nitrogens with one attached hydrogen (secondary N) is 1. The number of likely N-dealkylation sites (tertiary alicyclic amines) is 1. The minimum atomic E-state index is 0.0883. The van der Waals surface area contributed by atoms with Crippen molar-refractivity contribution >= 4 is 11.6 Å². The quantitative estimate of drug-likeness (QED) is 0.910. The van der Waals surface area contributed by atoms with Crippen LogP contribution in [0.25, 0.3) is 0 Å². The third-order valence-electron chi connectivity index (χ3n) is 5.37. The highest BCUT2D eigenvalue weighted by Gasteiger charge is 2.28. The molecule has 5 nitrogen and oxygen atoms in total. The van der Waals surface area contributed by atoms with E-state index in [9.17, 15) is 4.79 Å². The summed E-state index contributed by atoms with van der Waals surface area (Å²) in [5, 5.41) is 3.06. The molecule has 2 saturated heterocycles. The van der Waals surface area contributed by atoms with Crippen molar-refractivity contribution in [3.8, 4) is 0 Å². The van der Waals surface area contributed by atoms with Crippen molar-refractivity contribution in [3.05, 3.63) is 29.3 Å². The maximum Gasteiger partial charge on any atom is 0.238 e. The average molecular weight is 345 g/mol. The first kappa shape index (κ1) is 18.4. The molecule has 0 saturated carbocycles. The maximum absolute atomic E-state index is 12.4. The fourth-order valence-corrected chi connectivity index (χ4v) is 3.97. The van der Waals surface area contributed by atoms with Crippen molar-refractivity contribution in [2.75, 3.05) is 44.6 Å². The molecule has 2 heterocycles. The Balaban J connectivity index is 1.44. The van der Waals surface area contributed by atoms with Crippen LogP contribution in [0.2, 0.25) is 0 Å².